The Morgan fingerprint density at radius 1 is 1.18 bits per heavy atom. The van der Waals surface area contributed by atoms with Crippen LogP contribution in [0.15, 0.2) is 29.3 Å². The normalized spacial score (nSPS) is 25.8. The highest BCUT2D eigenvalue weighted by atomic mass is 19.4. The second-order valence-electron chi connectivity index (χ2n) is 9.74. The van der Waals surface area contributed by atoms with Gasteiger partial charge >= 0.3 is 6.18 Å². The number of halogens is 3. The number of nitrogens with zero attached hydrogens (tertiary/aromatic N) is 4. The molecule has 1 aromatic rings. The third-order valence-electron chi connectivity index (χ3n) is 7.63. The van der Waals surface area contributed by atoms with Crippen molar-refractivity contribution in [2.24, 2.45) is 4.99 Å². The molecule has 5 rings (SSSR count). The van der Waals surface area contributed by atoms with Crippen LogP contribution in [0, 0.1) is 0 Å². The van der Waals surface area contributed by atoms with Crippen molar-refractivity contribution in [2.45, 2.75) is 69.1 Å². The molecule has 3 heterocycles. The molecule has 6 nitrogen and oxygen atoms in total. The maximum absolute atomic E-state index is 13.7. The van der Waals surface area contributed by atoms with Crippen LogP contribution in [-0.2, 0) is 15.0 Å². The lowest BCUT2D eigenvalue weighted by atomic mass is 9.74. The highest BCUT2D eigenvalue weighted by molar-refractivity contribution is 6.12. The number of benzene rings is 1. The molecule has 2 unspecified atom stereocenters. The van der Waals surface area contributed by atoms with Gasteiger partial charge in [-0.05, 0) is 30.9 Å². The van der Waals surface area contributed by atoms with Crippen molar-refractivity contribution in [3.05, 3.63) is 29.8 Å². The van der Waals surface area contributed by atoms with Gasteiger partial charge < -0.3 is 14.7 Å². The fourth-order valence-electron chi connectivity index (χ4n) is 5.97. The summed E-state index contributed by atoms with van der Waals surface area (Å²) < 4.78 is 38.4. The summed E-state index contributed by atoms with van der Waals surface area (Å²) in [5.41, 5.74) is 1.01. The van der Waals surface area contributed by atoms with Gasteiger partial charge in [-0.1, -0.05) is 31.0 Å². The molecule has 1 saturated heterocycles. The first-order valence-electron chi connectivity index (χ1n) is 11.8. The van der Waals surface area contributed by atoms with E-state index in [-0.39, 0.29) is 36.9 Å². The van der Waals surface area contributed by atoms with Crippen LogP contribution in [0.25, 0.3) is 0 Å². The molecule has 1 aromatic carbocycles. The number of para-hydroxylation sites is 1. The van der Waals surface area contributed by atoms with E-state index < -0.39 is 18.0 Å². The summed E-state index contributed by atoms with van der Waals surface area (Å²) in [6.45, 7) is 2.79. The molecule has 2 fully saturated rings. The van der Waals surface area contributed by atoms with Crippen molar-refractivity contribution in [3.63, 3.8) is 0 Å². The van der Waals surface area contributed by atoms with Crippen molar-refractivity contribution in [1.29, 1.82) is 0 Å². The van der Waals surface area contributed by atoms with Crippen LogP contribution in [0.1, 0.15) is 51.0 Å². The van der Waals surface area contributed by atoms with Crippen LogP contribution in [0.5, 0.6) is 0 Å². The van der Waals surface area contributed by atoms with Crippen molar-refractivity contribution in [3.8, 4) is 0 Å². The lowest BCUT2D eigenvalue weighted by molar-refractivity contribution is -0.142. The Balaban J connectivity index is 1.39. The molecule has 4 aliphatic rings. The number of carbonyl (C=O) groups excluding carboxylic acids is 2. The van der Waals surface area contributed by atoms with Gasteiger partial charge in [-0.25, -0.2) is 0 Å². The average molecular weight is 463 g/mol. The number of fused-ring (bicyclic) bond motifs is 3. The molecular weight excluding hydrogens is 433 g/mol. The number of amidine groups is 1. The highest BCUT2D eigenvalue weighted by Gasteiger charge is 2.59. The molecule has 178 valence electrons. The summed E-state index contributed by atoms with van der Waals surface area (Å²) in [5.74, 6) is 0.621. The van der Waals surface area contributed by atoms with Crippen molar-refractivity contribution in [2.75, 3.05) is 31.1 Å². The van der Waals surface area contributed by atoms with E-state index in [4.69, 9.17) is 4.99 Å². The zero-order valence-electron chi connectivity index (χ0n) is 18.8. The van der Waals surface area contributed by atoms with Crippen LogP contribution in [0.4, 0.5) is 18.9 Å². The van der Waals surface area contributed by atoms with E-state index >= 15 is 0 Å². The van der Waals surface area contributed by atoms with Crippen molar-refractivity contribution >= 4 is 23.3 Å². The lowest BCUT2D eigenvalue weighted by Gasteiger charge is -2.46. The monoisotopic (exact) mass is 462 g/mol. The van der Waals surface area contributed by atoms with E-state index in [0.29, 0.717) is 19.6 Å². The Morgan fingerprint density at radius 3 is 2.64 bits per heavy atom. The molecule has 2 amide bonds. The SMILES string of the molecule is CC(=O)N1CC2(C1)C(=O)N(CC1=NC3CCCCC3N1CCCC(F)(F)F)c1ccccc12. The smallest absolute Gasteiger partial charge is 0.354 e. The molecule has 33 heavy (non-hydrogen) atoms. The Morgan fingerprint density at radius 2 is 1.91 bits per heavy atom. The first-order chi connectivity index (χ1) is 15.7. The van der Waals surface area contributed by atoms with Crippen LogP contribution in [0.3, 0.4) is 0 Å². The van der Waals surface area contributed by atoms with E-state index in [9.17, 15) is 22.8 Å². The zero-order chi connectivity index (χ0) is 23.4. The fraction of sp³-hybridized carbons (Fsp3) is 0.625. The number of amides is 2. The van der Waals surface area contributed by atoms with Gasteiger partial charge in [0.2, 0.25) is 11.8 Å². The van der Waals surface area contributed by atoms with E-state index in [1.807, 2.05) is 29.2 Å². The van der Waals surface area contributed by atoms with Gasteiger partial charge in [0, 0.05) is 38.7 Å². The van der Waals surface area contributed by atoms with E-state index in [1.54, 1.807) is 9.80 Å². The maximum atomic E-state index is 13.7. The summed E-state index contributed by atoms with van der Waals surface area (Å²) in [6.07, 6.45) is -0.986. The first kappa shape index (κ1) is 22.2. The quantitative estimate of drug-likeness (QED) is 0.673. The standard InChI is InChI=1S/C24H29F3N4O2/c1-16(32)29-14-23(15-29)17-7-2-4-9-19(17)31(22(23)33)13-21-28-18-8-3-5-10-20(18)30(21)12-6-11-24(25,26)27/h2,4,7,9,18,20H,3,5-6,8,10-15H2,1H3. The summed E-state index contributed by atoms with van der Waals surface area (Å²) in [6, 6.07) is 7.87. The van der Waals surface area contributed by atoms with Crippen LogP contribution >= 0.6 is 0 Å². The number of aliphatic imine (C=N–C) groups is 1. The third kappa shape index (κ3) is 3.79. The van der Waals surface area contributed by atoms with Gasteiger partial charge in [-0.15, -0.1) is 0 Å². The number of carbonyl (C=O) groups is 2. The van der Waals surface area contributed by atoms with Gasteiger partial charge in [0.15, 0.2) is 0 Å². The Labute approximate surface area is 191 Å². The molecular formula is C24H29F3N4O2. The zero-order valence-corrected chi connectivity index (χ0v) is 18.8. The molecule has 1 saturated carbocycles. The Bertz CT molecular complexity index is 986. The summed E-state index contributed by atoms with van der Waals surface area (Å²) in [5, 5.41) is 0. The molecule has 0 N–H and O–H groups in total. The topological polar surface area (TPSA) is 56.2 Å². The number of anilines is 1. The van der Waals surface area contributed by atoms with Crippen LogP contribution in [0.2, 0.25) is 0 Å². The summed E-state index contributed by atoms with van der Waals surface area (Å²) in [4.78, 5) is 35.8. The van der Waals surface area contributed by atoms with Crippen molar-refractivity contribution < 1.29 is 22.8 Å². The predicted molar refractivity (Wildman–Crippen MR) is 118 cm³/mol. The molecule has 9 heteroatoms. The average Bonchev–Trinajstić information content (AvgIpc) is 3.19. The lowest BCUT2D eigenvalue weighted by Crippen LogP contribution is -2.65. The molecule has 1 spiro atoms. The minimum atomic E-state index is -4.17. The van der Waals surface area contributed by atoms with Gasteiger partial charge in [-0.3, -0.25) is 14.6 Å². The number of alkyl halides is 3. The second-order valence-corrected chi connectivity index (χ2v) is 9.74. The van der Waals surface area contributed by atoms with Gasteiger partial charge in [0.05, 0.1) is 18.6 Å². The molecule has 0 aromatic heterocycles. The Hall–Kier alpha value is -2.58. The predicted octanol–water partition coefficient (Wildman–Crippen LogP) is 3.50. The van der Waals surface area contributed by atoms with E-state index in [1.165, 1.54) is 6.92 Å². The van der Waals surface area contributed by atoms with Gasteiger partial charge in [-0.2, -0.15) is 13.2 Å². The minimum absolute atomic E-state index is 0.0216. The maximum Gasteiger partial charge on any atom is 0.389 e. The number of rotatable bonds is 5. The van der Waals surface area contributed by atoms with Crippen LogP contribution in [-0.4, -0.2) is 71.9 Å². The van der Waals surface area contributed by atoms with E-state index in [0.717, 1.165) is 42.8 Å². The number of likely N-dealkylation sites (tertiary alicyclic amines) is 1. The van der Waals surface area contributed by atoms with E-state index in [2.05, 4.69) is 0 Å². The number of hydrogen-bond acceptors (Lipinski definition) is 4. The molecule has 3 aliphatic heterocycles. The van der Waals surface area contributed by atoms with Gasteiger partial charge in [0.25, 0.3) is 0 Å². The fourth-order valence-corrected chi connectivity index (χ4v) is 5.97. The minimum Gasteiger partial charge on any atom is -0.354 e. The second kappa shape index (κ2) is 8.02. The number of hydrogen-bond donors (Lipinski definition) is 0. The van der Waals surface area contributed by atoms with Crippen LogP contribution < -0.4 is 4.90 Å². The van der Waals surface area contributed by atoms with Crippen molar-refractivity contribution in [1.82, 2.24) is 9.80 Å². The molecule has 2 atom stereocenters. The summed E-state index contributed by atoms with van der Waals surface area (Å²) in [7, 11) is 0. The Kier molecular flexibility index (Phi) is 5.40. The molecule has 0 radical (unpaired) electrons. The molecule has 1 aliphatic carbocycles. The molecule has 0 bridgehead atoms. The highest BCUT2D eigenvalue weighted by Crippen LogP contribution is 2.47. The first-order valence-corrected chi connectivity index (χ1v) is 11.8. The largest absolute Gasteiger partial charge is 0.389 e. The summed E-state index contributed by atoms with van der Waals surface area (Å²) >= 11 is 0. The van der Waals surface area contributed by atoms with Gasteiger partial charge in [0.1, 0.15) is 11.3 Å². The third-order valence-corrected chi connectivity index (χ3v) is 7.63.